The van der Waals surface area contributed by atoms with Crippen molar-refractivity contribution in [3.8, 4) is 17.2 Å². The van der Waals surface area contributed by atoms with Crippen LogP contribution in [-0.4, -0.2) is 38.1 Å². The van der Waals surface area contributed by atoms with Gasteiger partial charge >= 0.3 is 5.97 Å². The number of carbonyl (C=O) groups is 1. The number of aromatic nitrogens is 2. The monoisotopic (exact) mass is 542 g/mol. The van der Waals surface area contributed by atoms with Crippen molar-refractivity contribution in [1.82, 2.24) is 4.98 Å². The van der Waals surface area contributed by atoms with E-state index >= 15 is 0 Å². The van der Waals surface area contributed by atoms with Gasteiger partial charge in [-0.05, 0) is 43.7 Å². The van der Waals surface area contributed by atoms with Gasteiger partial charge in [0.15, 0.2) is 29.7 Å². The normalized spacial score (nSPS) is 16.1. The van der Waals surface area contributed by atoms with E-state index < -0.39 is 29.7 Å². The highest BCUT2D eigenvalue weighted by atomic mass is 16.8. The lowest BCUT2D eigenvalue weighted by atomic mass is 9.82. The van der Waals surface area contributed by atoms with Gasteiger partial charge in [0.2, 0.25) is 11.8 Å². The first-order valence-corrected chi connectivity index (χ1v) is 12.7. The summed E-state index contributed by atoms with van der Waals surface area (Å²) in [4.78, 5) is 18.5. The zero-order chi connectivity index (χ0) is 28.4. The predicted molar refractivity (Wildman–Crippen MR) is 144 cm³/mol. The molecule has 0 aliphatic carbocycles. The summed E-state index contributed by atoms with van der Waals surface area (Å²) in [6, 6.07) is 20.0. The van der Waals surface area contributed by atoms with E-state index in [4.69, 9.17) is 28.7 Å². The third-order valence-electron chi connectivity index (χ3n) is 6.77. The zero-order valence-electron chi connectivity index (χ0n) is 22.9. The Bertz CT molecular complexity index is 1560. The molecule has 2 aromatic heterocycles. The van der Waals surface area contributed by atoms with Crippen LogP contribution in [0.1, 0.15) is 37.1 Å². The summed E-state index contributed by atoms with van der Waals surface area (Å²) in [5, 5.41) is 14.5. The minimum Gasteiger partial charge on any atom is -0.575 e. The lowest BCUT2D eigenvalue weighted by Crippen LogP contribution is -2.48. The number of methoxy groups -OCH3 is 3. The number of cyclic esters (lactones) is 1. The molecule has 0 saturated heterocycles. The molecule has 0 N–H and O–H groups in total. The zero-order valence-corrected chi connectivity index (χ0v) is 22.9. The van der Waals surface area contributed by atoms with E-state index in [0.717, 1.165) is 10.9 Å². The van der Waals surface area contributed by atoms with Crippen LogP contribution in [0.25, 0.3) is 10.9 Å². The smallest absolute Gasteiger partial charge is 0.338 e. The van der Waals surface area contributed by atoms with Crippen LogP contribution in [0.4, 0.5) is 0 Å². The Morgan fingerprint density at radius 2 is 1.55 bits per heavy atom. The lowest BCUT2D eigenvalue weighted by molar-refractivity contribution is -0.716. The van der Waals surface area contributed by atoms with Crippen LogP contribution in [0.2, 0.25) is 0 Å². The number of carbonyl (C=O) groups excluding carboxylic acids is 1. The van der Waals surface area contributed by atoms with E-state index in [9.17, 15) is 9.90 Å². The summed E-state index contributed by atoms with van der Waals surface area (Å²) >= 11 is 0. The quantitative estimate of drug-likeness (QED) is 0.245. The predicted octanol–water partition coefficient (Wildman–Crippen LogP) is 3.80. The number of para-hydroxylation sites is 1. The molecule has 1 aliphatic heterocycles. The van der Waals surface area contributed by atoms with Crippen LogP contribution >= 0.6 is 0 Å². The molecule has 1 aliphatic rings. The Balaban J connectivity index is 1.84. The number of rotatable bonds is 8. The first kappa shape index (κ1) is 26.8. The fourth-order valence-corrected chi connectivity index (χ4v) is 5.04. The maximum atomic E-state index is 13.6. The number of hydrogen-bond donors (Lipinski definition) is 0. The number of fused-ring (bicyclic) bond motifs is 1. The standard InChI is InChI=1S/C31H30N2O7/c1-31(2)39-29(34)26(30(35)40-31)25(20-17-23(36-3)28(38-5)24(18-20)37-4)27(33-15-9-6-10-16-33)22-14-13-19-11-7-8-12-21(19)32-22/h6-18,25,27H,1-5H3. The molecule has 0 amide bonds. The number of pyridine rings is 2. The van der Waals surface area contributed by atoms with Gasteiger partial charge in [0.1, 0.15) is 5.69 Å². The summed E-state index contributed by atoms with van der Waals surface area (Å²) in [7, 11) is 4.51. The molecule has 9 nitrogen and oxygen atoms in total. The van der Waals surface area contributed by atoms with Crippen LogP contribution < -0.4 is 23.9 Å². The second-order valence-corrected chi connectivity index (χ2v) is 9.73. The maximum absolute atomic E-state index is 13.6. The summed E-state index contributed by atoms with van der Waals surface area (Å²) in [5.41, 5.74) is 1.75. The summed E-state index contributed by atoms with van der Waals surface area (Å²) < 4.78 is 29.8. The molecule has 0 saturated carbocycles. The van der Waals surface area contributed by atoms with Gasteiger partial charge in [-0.25, -0.2) is 9.78 Å². The van der Waals surface area contributed by atoms with Crippen molar-refractivity contribution in [2.24, 2.45) is 0 Å². The molecule has 2 unspecified atom stereocenters. The summed E-state index contributed by atoms with van der Waals surface area (Å²) in [5.74, 6) is -2.78. The molecule has 5 rings (SSSR count). The Labute approximate surface area is 232 Å². The molecule has 9 heteroatoms. The second kappa shape index (κ2) is 10.8. The number of benzene rings is 2. The van der Waals surface area contributed by atoms with Crippen LogP contribution in [-0.2, 0) is 14.3 Å². The largest absolute Gasteiger partial charge is 0.575 e. The maximum Gasteiger partial charge on any atom is 0.338 e. The highest BCUT2D eigenvalue weighted by Gasteiger charge is 2.44. The molecule has 40 heavy (non-hydrogen) atoms. The number of hydrogen-bond acceptors (Lipinski definition) is 8. The third-order valence-corrected chi connectivity index (χ3v) is 6.77. The van der Waals surface area contributed by atoms with Gasteiger partial charge in [-0.3, -0.25) is 0 Å². The third kappa shape index (κ3) is 4.98. The molecule has 0 spiro atoms. The molecular weight excluding hydrogens is 512 g/mol. The van der Waals surface area contributed by atoms with E-state index in [1.807, 2.05) is 71.6 Å². The first-order valence-electron chi connectivity index (χ1n) is 12.7. The molecule has 4 aromatic rings. The fraction of sp³-hybridized carbons (Fsp3) is 0.258. The second-order valence-electron chi connectivity index (χ2n) is 9.73. The van der Waals surface area contributed by atoms with E-state index in [0.29, 0.717) is 28.5 Å². The van der Waals surface area contributed by atoms with Gasteiger partial charge in [0, 0.05) is 17.5 Å². The van der Waals surface area contributed by atoms with Crippen LogP contribution in [0.15, 0.2) is 90.6 Å². The van der Waals surface area contributed by atoms with E-state index in [1.165, 1.54) is 35.2 Å². The van der Waals surface area contributed by atoms with Gasteiger partial charge in [0.05, 0.1) is 44.3 Å². The molecule has 3 heterocycles. The summed E-state index contributed by atoms with van der Waals surface area (Å²) in [6.45, 7) is 3.03. The average Bonchev–Trinajstić information content (AvgIpc) is 2.95. The van der Waals surface area contributed by atoms with E-state index in [2.05, 4.69) is 0 Å². The van der Waals surface area contributed by atoms with Crippen LogP contribution in [0, 0.1) is 0 Å². The van der Waals surface area contributed by atoms with Crippen molar-refractivity contribution in [3.63, 3.8) is 0 Å². The van der Waals surface area contributed by atoms with Gasteiger partial charge in [-0.1, -0.05) is 30.3 Å². The van der Waals surface area contributed by atoms with Gasteiger partial charge in [-0.2, -0.15) is 4.57 Å². The average molecular weight is 543 g/mol. The topological polar surface area (TPSA) is 103 Å². The van der Waals surface area contributed by atoms with Crippen molar-refractivity contribution in [3.05, 3.63) is 102 Å². The highest BCUT2D eigenvalue weighted by Crippen LogP contribution is 2.46. The lowest BCUT2D eigenvalue weighted by Gasteiger charge is -2.41. The van der Waals surface area contributed by atoms with Crippen molar-refractivity contribution < 1.29 is 38.2 Å². The number of ether oxygens (including phenoxy) is 5. The van der Waals surface area contributed by atoms with Gasteiger partial charge in [-0.15, -0.1) is 0 Å². The molecule has 206 valence electrons. The van der Waals surface area contributed by atoms with Crippen molar-refractivity contribution >= 4 is 16.9 Å². The SMILES string of the molecule is COc1cc(C(C2=C([O-])OC(C)(C)OC2=O)C(c2ccc3ccccc3n2)[n+]2ccccc2)cc(OC)c1OC. The Hall–Kier alpha value is -4.79. The molecule has 2 atom stereocenters. The van der Waals surface area contributed by atoms with Crippen molar-refractivity contribution in [1.29, 1.82) is 0 Å². The van der Waals surface area contributed by atoms with Gasteiger partial charge in [0.25, 0.3) is 0 Å². The van der Waals surface area contributed by atoms with Gasteiger partial charge < -0.3 is 28.8 Å². The molecule has 2 aromatic carbocycles. The Morgan fingerprint density at radius 3 is 2.17 bits per heavy atom. The van der Waals surface area contributed by atoms with Crippen LogP contribution in [0.3, 0.4) is 0 Å². The van der Waals surface area contributed by atoms with Crippen molar-refractivity contribution in [2.75, 3.05) is 21.3 Å². The number of esters is 1. The Morgan fingerprint density at radius 1 is 0.875 bits per heavy atom. The van der Waals surface area contributed by atoms with E-state index in [-0.39, 0.29) is 5.57 Å². The minimum atomic E-state index is -1.41. The minimum absolute atomic E-state index is 0.176. The summed E-state index contributed by atoms with van der Waals surface area (Å²) in [6.07, 6.45) is 3.72. The molecule has 0 bridgehead atoms. The van der Waals surface area contributed by atoms with Crippen LogP contribution in [0.5, 0.6) is 17.2 Å². The molecule has 0 radical (unpaired) electrons. The van der Waals surface area contributed by atoms with Crippen molar-refractivity contribution in [2.45, 2.75) is 31.6 Å². The Kier molecular flexibility index (Phi) is 7.21. The first-order chi connectivity index (χ1) is 19.3. The fourth-order valence-electron chi connectivity index (χ4n) is 5.04. The molecule has 0 fully saturated rings. The highest BCUT2D eigenvalue weighted by molar-refractivity contribution is 5.91. The molecular formula is C31H30N2O7. The van der Waals surface area contributed by atoms with E-state index in [1.54, 1.807) is 12.1 Å². The number of nitrogens with zero attached hydrogens (tertiary/aromatic N) is 2.